The lowest BCUT2D eigenvalue weighted by atomic mass is 10.2. The molecule has 0 aromatic heterocycles. The van der Waals surface area contributed by atoms with Gasteiger partial charge in [-0.1, -0.05) is 18.2 Å². The molecule has 20 heavy (non-hydrogen) atoms. The van der Waals surface area contributed by atoms with Gasteiger partial charge in [-0.25, -0.2) is 0 Å². The highest BCUT2D eigenvalue weighted by Gasteiger charge is 2.11. The van der Waals surface area contributed by atoms with Gasteiger partial charge in [-0.15, -0.1) is 24.2 Å². The van der Waals surface area contributed by atoms with Crippen molar-refractivity contribution < 1.29 is 4.74 Å². The maximum atomic E-state index is 6.20. The minimum absolute atomic E-state index is 0. The molecule has 0 aliphatic carbocycles. The number of benzene rings is 1. The Balaban J connectivity index is 0.00000200. The van der Waals surface area contributed by atoms with Gasteiger partial charge in [-0.2, -0.15) is 0 Å². The Hall–Kier alpha value is -0.260. The average molecular weight is 317 g/mol. The van der Waals surface area contributed by atoms with Crippen molar-refractivity contribution >= 4 is 24.2 Å². The fourth-order valence-electron chi connectivity index (χ4n) is 2.17. The monoisotopic (exact) mass is 316 g/mol. The Morgan fingerprint density at radius 1 is 1.20 bits per heavy atom. The van der Waals surface area contributed by atoms with E-state index in [0.717, 1.165) is 51.4 Å². The zero-order valence-corrected chi connectivity index (χ0v) is 13.5. The Morgan fingerprint density at radius 2 is 2.00 bits per heavy atom. The predicted molar refractivity (Wildman–Crippen MR) is 88.9 cm³/mol. The summed E-state index contributed by atoms with van der Waals surface area (Å²) >= 11 is 1.85. The molecule has 1 heterocycles. The van der Waals surface area contributed by atoms with E-state index >= 15 is 0 Å². The van der Waals surface area contributed by atoms with E-state index in [0.29, 0.717) is 0 Å². The molecule has 2 N–H and O–H groups in total. The van der Waals surface area contributed by atoms with Crippen LogP contribution < -0.4 is 5.73 Å². The molecule has 1 atom stereocenters. The third-order valence-electron chi connectivity index (χ3n) is 3.34. The second-order valence-electron chi connectivity index (χ2n) is 4.98. The molecule has 114 valence electrons. The second-order valence-corrected chi connectivity index (χ2v) is 6.07. The standard InChI is InChI=1S/C15H24N2OS.ClH/c16-14(13-19-15-5-2-1-3-6-15)7-9-17-8-4-11-18-12-10-17;/h1-3,5-6,14H,4,7-13,16H2;1H/t14-;/m1./s1. The molecule has 1 aliphatic rings. The first kappa shape index (κ1) is 17.8. The number of halogens is 1. The molecule has 0 bridgehead atoms. The third-order valence-corrected chi connectivity index (χ3v) is 4.54. The fraction of sp³-hybridized carbons (Fsp3) is 0.600. The summed E-state index contributed by atoms with van der Waals surface area (Å²) in [7, 11) is 0. The van der Waals surface area contributed by atoms with Crippen molar-refractivity contribution in [3.63, 3.8) is 0 Å². The van der Waals surface area contributed by atoms with Crippen LogP contribution in [-0.4, -0.2) is 49.5 Å². The van der Waals surface area contributed by atoms with Gasteiger partial charge in [0, 0.05) is 36.4 Å². The quantitative estimate of drug-likeness (QED) is 0.819. The first-order valence-electron chi connectivity index (χ1n) is 7.08. The molecule has 5 heteroatoms. The van der Waals surface area contributed by atoms with Crippen LogP contribution in [0.25, 0.3) is 0 Å². The van der Waals surface area contributed by atoms with Gasteiger partial charge in [0.15, 0.2) is 0 Å². The summed E-state index contributed by atoms with van der Waals surface area (Å²) in [5.74, 6) is 0.994. The van der Waals surface area contributed by atoms with Gasteiger partial charge in [-0.3, -0.25) is 0 Å². The second kappa shape index (κ2) is 10.5. The Kier molecular flexibility index (Phi) is 9.31. The molecule has 1 aromatic rings. The largest absolute Gasteiger partial charge is 0.380 e. The highest BCUT2D eigenvalue weighted by atomic mass is 35.5. The van der Waals surface area contributed by atoms with Crippen molar-refractivity contribution in [2.45, 2.75) is 23.8 Å². The first-order chi connectivity index (χ1) is 9.34. The molecule has 0 spiro atoms. The lowest BCUT2D eigenvalue weighted by molar-refractivity contribution is 0.141. The summed E-state index contributed by atoms with van der Waals surface area (Å²) in [6.07, 6.45) is 2.22. The van der Waals surface area contributed by atoms with E-state index in [1.165, 1.54) is 4.90 Å². The first-order valence-corrected chi connectivity index (χ1v) is 8.06. The molecular formula is C15H25ClN2OS. The van der Waals surface area contributed by atoms with Gasteiger partial charge in [0.1, 0.15) is 0 Å². The highest BCUT2D eigenvalue weighted by molar-refractivity contribution is 7.99. The van der Waals surface area contributed by atoms with Crippen LogP contribution in [0.1, 0.15) is 12.8 Å². The lowest BCUT2D eigenvalue weighted by Gasteiger charge is -2.21. The number of hydrogen-bond donors (Lipinski definition) is 1. The van der Waals surface area contributed by atoms with Crippen LogP contribution in [-0.2, 0) is 4.74 Å². The molecular weight excluding hydrogens is 292 g/mol. The molecule has 1 aromatic carbocycles. The van der Waals surface area contributed by atoms with Gasteiger partial charge >= 0.3 is 0 Å². The average Bonchev–Trinajstić information content (AvgIpc) is 2.73. The van der Waals surface area contributed by atoms with Crippen molar-refractivity contribution in [2.75, 3.05) is 38.6 Å². The summed E-state index contributed by atoms with van der Waals surface area (Å²) < 4.78 is 5.46. The number of thioether (sulfide) groups is 1. The molecule has 0 amide bonds. The summed E-state index contributed by atoms with van der Waals surface area (Å²) in [5, 5.41) is 0. The van der Waals surface area contributed by atoms with E-state index in [1.54, 1.807) is 0 Å². The zero-order chi connectivity index (χ0) is 13.3. The number of rotatable bonds is 6. The third kappa shape index (κ3) is 6.95. The number of nitrogens with two attached hydrogens (primary N) is 1. The van der Waals surface area contributed by atoms with E-state index < -0.39 is 0 Å². The van der Waals surface area contributed by atoms with Gasteiger partial charge in [0.25, 0.3) is 0 Å². The van der Waals surface area contributed by atoms with Crippen LogP contribution in [0.15, 0.2) is 35.2 Å². The van der Waals surface area contributed by atoms with Crippen LogP contribution in [0.3, 0.4) is 0 Å². The summed E-state index contributed by atoms with van der Waals surface area (Å²) in [6.45, 7) is 5.08. The van der Waals surface area contributed by atoms with Crippen LogP contribution in [0.4, 0.5) is 0 Å². The molecule has 2 rings (SSSR count). The van der Waals surface area contributed by atoms with Gasteiger partial charge in [-0.05, 0) is 31.5 Å². The lowest BCUT2D eigenvalue weighted by Crippen LogP contribution is -2.33. The highest BCUT2D eigenvalue weighted by Crippen LogP contribution is 2.18. The zero-order valence-electron chi connectivity index (χ0n) is 11.9. The van der Waals surface area contributed by atoms with Crippen LogP contribution in [0.5, 0.6) is 0 Å². The predicted octanol–water partition coefficient (Wildman–Crippen LogP) is 2.64. The summed E-state index contributed by atoms with van der Waals surface area (Å²) in [6, 6.07) is 10.8. The maximum absolute atomic E-state index is 6.20. The number of nitrogens with zero attached hydrogens (tertiary/aromatic N) is 1. The van der Waals surface area contributed by atoms with Crippen molar-refractivity contribution in [1.29, 1.82) is 0 Å². The Morgan fingerprint density at radius 3 is 2.80 bits per heavy atom. The van der Waals surface area contributed by atoms with Gasteiger partial charge in [0.05, 0.1) is 6.61 Å². The number of ether oxygens (including phenoxy) is 1. The smallest absolute Gasteiger partial charge is 0.0593 e. The minimum atomic E-state index is 0. The fourth-order valence-corrected chi connectivity index (χ4v) is 3.10. The SMILES string of the molecule is Cl.N[C@H](CCN1CCCOCC1)CSc1ccccc1. The van der Waals surface area contributed by atoms with Crippen LogP contribution in [0, 0.1) is 0 Å². The van der Waals surface area contributed by atoms with E-state index in [2.05, 4.69) is 29.2 Å². The summed E-state index contributed by atoms with van der Waals surface area (Å²) in [4.78, 5) is 3.78. The molecule has 0 unspecified atom stereocenters. The van der Waals surface area contributed by atoms with Crippen molar-refractivity contribution in [3.8, 4) is 0 Å². The van der Waals surface area contributed by atoms with Crippen LogP contribution in [0.2, 0.25) is 0 Å². The molecule has 3 nitrogen and oxygen atoms in total. The molecule has 0 radical (unpaired) electrons. The maximum Gasteiger partial charge on any atom is 0.0593 e. The van der Waals surface area contributed by atoms with Gasteiger partial charge < -0.3 is 15.4 Å². The minimum Gasteiger partial charge on any atom is -0.380 e. The summed E-state index contributed by atoms with van der Waals surface area (Å²) in [5.41, 5.74) is 6.20. The molecule has 1 saturated heterocycles. The van der Waals surface area contributed by atoms with Crippen LogP contribution >= 0.6 is 24.2 Å². The normalized spacial score (nSPS) is 18.1. The topological polar surface area (TPSA) is 38.5 Å². The van der Waals surface area contributed by atoms with Crippen molar-refractivity contribution in [2.24, 2.45) is 5.73 Å². The van der Waals surface area contributed by atoms with E-state index in [1.807, 2.05) is 17.8 Å². The number of hydrogen-bond acceptors (Lipinski definition) is 4. The van der Waals surface area contributed by atoms with E-state index in [4.69, 9.17) is 10.5 Å². The van der Waals surface area contributed by atoms with E-state index in [-0.39, 0.29) is 18.4 Å². The van der Waals surface area contributed by atoms with Crippen molar-refractivity contribution in [1.82, 2.24) is 4.90 Å². The Labute approximate surface area is 132 Å². The molecule has 1 aliphatic heterocycles. The van der Waals surface area contributed by atoms with Crippen molar-refractivity contribution in [3.05, 3.63) is 30.3 Å². The van der Waals surface area contributed by atoms with Gasteiger partial charge in [0.2, 0.25) is 0 Å². The Bertz CT molecular complexity index is 345. The molecule has 1 fully saturated rings. The molecule has 0 saturated carbocycles. The van der Waals surface area contributed by atoms with E-state index in [9.17, 15) is 0 Å².